The number of nitrogens with zero attached hydrogens (tertiary/aromatic N) is 5. The molecule has 0 spiro atoms. The Labute approximate surface area is 152 Å². The summed E-state index contributed by atoms with van der Waals surface area (Å²) in [5, 5.41) is 8.11. The van der Waals surface area contributed by atoms with Gasteiger partial charge in [0.2, 0.25) is 5.91 Å². The Morgan fingerprint density at radius 2 is 2.00 bits per heavy atom. The second-order valence-electron chi connectivity index (χ2n) is 7.72. The molecule has 0 aromatic carbocycles. The van der Waals surface area contributed by atoms with Gasteiger partial charge in [0.05, 0.1) is 0 Å². The predicted molar refractivity (Wildman–Crippen MR) is 96.6 cm³/mol. The van der Waals surface area contributed by atoms with E-state index in [2.05, 4.69) is 25.2 Å². The number of H-pyrrole nitrogens is 1. The number of likely N-dealkylation sites (tertiary alicyclic amines) is 1. The first kappa shape index (κ1) is 17.2. The van der Waals surface area contributed by atoms with E-state index in [1.807, 2.05) is 0 Å². The summed E-state index contributed by atoms with van der Waals surface area (Å²) in [7, 11) is 0. The first-order chi connectivity index (χ1) is 12.6. The molecule has 1 aliphatic heterocycles. The summed E-state index contributed by atoms with van der Waals surface area (Å²) in [5.41, 5.74) is 0.556. The van der Waals surface area contributed by atoms with Gasteiger partial charge in [-0.2, -0.15) is 0 Å². The van der Waals surface area contributed by atoms with E-state index in [1.54, 1.807) is 11.6 Å². The normalized spacial score (nSPS) is 22.0. The van der Waals surface area contributed by atoms with Crippen molar-refractivity contribution in [2.45, 2.75) is 58.4 Å². The summed E-state index contributed by atoms with van der Waals surface area (Å²) in [6.45, 7) is 4.02. The van der Waals surface area contributed by atoms with Crippen molar-refractivity contribution in [1.82, 2.24) is 29.9 Å². The monoisotopic (exact) mass is 358 g/mol. The van der Waals surface area contributed by atoms with E-state index in [0.29, 0.717) is 29.8 Å². The predicted octanol–water partition coefficient (Wildman–Crippen LogP) is 1.64. The fraction of sp³-hybridized carbons (Fsp3) is 0.722. The highest BCUT2D eigenvalue weighted by molar-refractivity contribution is 5.79. The van der Waals surface area contributed by atoms with Crippen molar-refractivity contribution >= 4 is 17.1 Å². The van der Waals surface area contributed by atoms with Crippen molar-refractivity contribution in [3.8, 4) is 0 Å². The van der Waals surface area contributed by atoms with Crippen LogP contribution in [0.25, 0.3) is 11.2 Å². The zero-order valence-corrected chi connectivity index (χ0v) is 15.3. The number of aryl methyl sites for hydroxylation is 1. The molecule has 2 aromatic rings. The van der Waals surface area contributed by atoms with E-state index in [-0.39, 0.29) is 17.0 Å². The van der Waals surface area contributed by atoms with Gasteiger partial charge in [-0.25, -0.2) is 9.67 Å². The largest absolute Gasteiger partial charge is 0.342 e. The van der Waals surface area contributed by atoms with Crippen LogP contribution in [-0.2, 0) is 11.3 Å². The van der Waals surface area contributed by atoms with Gasteiger partial charge in [-0.15, -0.1) is 5.10 Å². The Kier molecular flexibility index (Phi) is 4.74. The molecule has 1 saturated heterocycles. The number of carbonyl (C=O) groups excluding carboxylic acids is 1. The lowest BCUT2D eigenvalue weighted by molar-refractivity contribution is -0.138. The van der Waals surface area contributed by atoms with Gasteiger partial charge in [0.25, 0.3) is 5.56 Å². The number of hydrogen-bond acceptors (Lipinski definition) is 5. The highest BCUT2D eigenvalue weighted by atomic mass is 16.2. The lowest BCUT2D eigenvalue weighted by Gasteiger charge is -2.35. The van der Waals surface area contributed by atoms with Crippen LogP contribution < -0.4 is 5.56 Å². The molecule has 1 amide bonds. The van der Waals surface area contributed by atoms with Crippen LogP contribution in [0.15, 0.2) is 4.79 Å². The van der Waals surface area contributed by atoms with Crippen molar-refractivity contribution in [2.75, 3.05) is 13.1 Å². The number of fused-ring (bicyclic) bond motifs is 1. The van der Waals surface area contributed by atoms with Crippen LogP contribution in [0.5, 0.6) is 0 Å². The summed E-state index contributed by atoms with van der Waals surface area (Å²) in [6, 6.07) is 0. The van der Waals surface area contributed by atoms with Crippen LogP contribution in [-0.4, -0.2) is 48.9 Å². The molecule has 26 heavy (non-hydrogen) atoms. The van der Waals surface area contributed by atoms with Crippen molar-refractivity contribution in [2.24, 2.45) is 11.8 Å². The topological polar surface area (TPSA) is 96.8 Å². The second kappa shape index (κ2) is 7.17. The van der Waals surface area contributed by atoms with E-state index in [1.165, 1.54) is 19.3 Å². The lowest BCUT2D eigenvalue weighted by Crippen LogP contribution is -2.44. The van der Waals surface area contributed by atoms with Gasteiger partial charge >= 0.3 is 0 Å². The summed E-state index contributed by atoms with van der Waals surface area (Å²) in [6.07, 6.45) is 7.77. The molecule has 1 atom stereocenters. The van der Waals surface area contributed by atoms with Crippen molar-refractivity contribution in [1.29, 1.82) is 0 Å². The lowest BCUT2D eigenvalue weighted by atomic mass is 9.87. The summed E-state index contributed by atoms with van der Waals surface area (Å²) >= 11 is 0. The molecule has 0 radical (unpaired) electrons. The number of rotatable bonds is 3. The molecule has 8 nitrogen and oxygen atoms in total. The molecule has 0 bridgehead atoms. The third kappa shape index (κ3) is 3.37. The fourth-order valence-electron chi connectivity index (χ4n) is 4.37. The van der Waals surface area contributed by atoms with Crippen LogP contribution >= 0.6 is 0 Å². The van der Waals surface area contributed by atoms with Crippen LogP contribution in [0, 0.1) is 18.8 Å². The Balaban J connectivity index is 1.47. The molecule has 140 valence electrons. The average Bonchev–Trinajstić information content (AvgIpc) is 3.05. The van der Waals surface area contributed by atoms with Gasteiger partial charge < -0.3 is 9.88 Å². The molecule has 2 fully saturated rings. The maximum absolute atomic E-state index is 12.8. The smallest absolute Gasteiger partial charge is 0.281 e. The van der Waals surface area contributed by atoms with Gasteiger partial charge in [0, 0.05) is 25.6 Å². The highest BCUT2D eigenvalue weighted by Gasteiger charge is 2.30. The first-order valence-corrected chi connectivity index (χ1v) is 9.70. The Bertz CT molecular complexity index is 851. The third-order valence-corrected chi connectivity index (χ3v) is 5.71. The standard InChI is InChI=1S/C18H26N6O2/c1-12-19-16-15(17(25)20-12)21-22-24(16)11-13-6-5-9-23(10-13)18(26)14-7-3-2-4-8-14/h13-14H,2-11H2,1H3,(H,19,20,25)/t13-/m0/s1. The van der Waals surface area contributed by atoms with E-state index < -0.39 is 0 Å². The molecule has 3 heterocycles. The van der Waals surface area contributed by atoms with Crippen LogP contribution in [0.4, 0.5) is 0 Å². The van der Waals surface area contributed by atoms with Crippen molar-refractivity contribution in [3.05, 3.63) is 16.2 Å². The van der Waals surface area contributed by atoms with Gasteiger partial charge in [0.1, 0.15) is 5.82 Å². The van der Waals surface area contributed by atoms with Crippen molar-refractivity contribution in [3.63, 3.8) is 0 Å². The Morgan fingerprint density at radius 3 is 2.81 bits per heavy atom. The number of nitrogens with one attached hydrogen (secondary N) is 1. The third-order valence-electron chi connectivity index (χ3n) is 5.71. The number of carbonyl (C=O) groups is 1. The molecule has 0 unspecified atom stereocenters. The molecule has 1 N–H and O–H groups in total. The maximum Gasteiger partial charge on any atom is 0.281 e. The van der Waals surface area contributed by atoms with E-state index in [9.17, 15) is 9.59 Å². The minimum absolute atomic E-state index is 0.220. The van der Waals surface area contributed by atoms with E-state index in [4.69, 9.17) is 0 Å². The molecule has 1 aliphatic carbocycles. The minimum atomic E-state index is -0.253. The first-order valence-electron chi connectivity index (χ1n) is 9.70. The minimum Gasteiger partial charge on any atom is -0.342 e. The highest BCUT2D eigenvalue weighted by Crippen LogP contribution is 2.28. The SMILES string of the molecule is Cc1nc2c(nnn2C[C@H]2CCCN(C(=O)C3CCCCC3)C2)c(=O)[nH]1. The number of aromatic nitrogens is 5. The number of piperidine rings is 1. The van der Waals surface area contributed by atoms with E-state index >= 15 is 0 Å². The Hall–Kier alpha value is -2.25. The van der Waals surface area contributed by atoms with Gasteiger partial charge in [0.15, 0.2) is 11.2 Å². The molecule has 4 rings (SSSR count). The van der Waals surface area contributed by atoms with Crippen LogP contribution in [0.2, 0.25) is 0 Å². The Morgan fingerprint density at radius 1 is 1.19 bits per heavy atom. The summed E-state index contributed by atoms with van der Waals surface area (Å²) in [5.74, 6) is 1.44. The summed E-state index contributed by atoms with van der Waals surface area (Å²) < 4.78 is 1.72. The molecule has 8 heteroatoms. The van der Waals surface area contributed by atoms with Gasteiger partial charge in [-0.1, -0.05) is 24.5 Å². The van der Waals surface area contributed by atoms with E-state index in [0.717, 1.165) is 38.8 Å². The number of amides is 1. The molecular formula is C18H26N6O2. The number of aromatic amines is 1. The average molecular weight is 358 g/mol. The zero-order valence-electron chi connectivity index (χ0n) is 15.3. The summed E-state index contributed by atoms with van der Waals surface area (Å²) in [4.78, 5) is 33.9. The maximum atomic E-state index is 12.8. The van der Waals surface area contributed by atoms with Crippen LogP contribution in [0.3, 0.4) is 0 Å². The van der Waals surface area contributed by atoms with Gasteiger partial charge in [-0.05, 0) is 38.5 Å². The zero-order chi connectivity index (χ0) is 18.1. The molecule has 2 aromatic heterocycles. The molecule has 2 aliphatic rings. The van der Waals surface area contributed by atoms with Gasteiger partial charge in [-0.3, -0.25) is 9.59 Å². The number of hydrogen-bond donors (Lipinski definition) is 1. The quantitative estimate of drug-likeness (QED) is 0.900. The molecular weight excluding hydrogens is 332 g/mol. The second-order valence-corrected chi connectivity index (χ2v) is 7.72. The van der Waals surface area contributed by atoms with Crippen molar-refractivity contribution < 1.29 is 4.79 Å². The fourth-order valence-corrected chi connectivity index (χ4v) is 4.37. The molecule has 1 saturated carbocycles. The van der Waals surface area contributed by atoms with Crippen LogP contribution in [0.1, 0.15) is 50.8 Å².